The number of amides is 1. The molecule has 2 rings (SSSR count). The molecule has 0 saturated carbocycles. The number of nitrogens with two attached hydrogens (primary N) is 2. The number of imidazole rings is 1. The fraction of sp³-hybridized carbons (Fsp3) is 0.0909. The van der Waals surface area contributed by atoms with Crippen LogP contribution in [0, 0.1) is 5.82 Å². The lowest BCUT2D eigenvalue weighted by Gasteiger charge is -2.11. The van der Waals surface area contributed by atoms with E-state index in [1.165, 1.54) is 37.6 Å². The quantitative estimate of drug-likeness (QED) is 0.449. The Morgan fingerprint density at radius 1 is 1.39 bits per heavy atom. The zero-order valence-corrected chi connectivity index (χ0v) is 9.67. The number of hydrogen-bond donors (Lipinski definition) is 2. The number of halogens is 1. The maximum absolute atomic E-state index is 12.8. The minimum Gasteiger partial charge on any atom is -0.383 e. The van der Waals surface area contributed by atoms with Crippen molar-refractivity contribution in [2.45, 2.75) is 0 Å². The molecule has 7 heteroatoms. The summed E-state index contributed by atoms with van der Waals surface area (Å²) in [7, 11) is 1.40. The Bertz CT molecular complexity index is 576. The van der Waals surface area contributed by atoms with Gasteiger partial charge in [-0.25, -0.2) is 24.6 Å². The van der Waals surface area contributed by atoms with E-state index in [9.17, 15) is 9.18 Å². The summed E-state index contributed by atoms with van der Waals surface area (Å²) >= 11 is 0. The van der Waals surface area contributed by atoms with Gasteiger partial charge in [0, 0.05) is 12.6 Å². The maximum Gasteiger partial charge on any atom is 0.344 e. The third kappa shape index (κ3) is 2.03. The van der Waals surface area contributed by atoms with E-state index >= 15 is 0 Å². The molecule has 1 aromatic heterocycles. The van der Waals surface area contributed by atoms with Crippen molar-refractivity contribution >= 4 is 11.8 Å². The van der Waals surface area contributed by atoms with Crippen molar-refractivity contribution < 1.29 is 9.18 Å². The van der Waals surface area contributed by atoms with Gasteiger partial charge in [0.15, 0.2) is 0 Å². The number of hydrogen-bond acceptors (Lipinski definition) is 4. The lowest BCUT2D eigenvalue weighted by molar-refractivity contribution is 0.212. The van der Waals surface area contributed by atoms with E-state index in [-0.39, 0.29) is 11.6 Å². The van der Waals surface area contributed by atoms with Crippen LogP contribution in [0.3, 0.4) is 0 Å². The molecule has 1 amide bonds. The second-order valence-corrected chi connectivity index (χ2v) is 3.75. The molecule has 0 aliphatic heterocycles. The highest BCUT2D eigenvalue weighted by Crippen LogP contribution is 2.24. The molecule has 0 saturated heterocycles. The van der Waals surface area contributed by atoms with Crippen LogP contribution >= 0.6 is 0 Å². The Morgan fingerprint density at radius 2 is 2.00 bits per heavy atom. The van der Waals surface area contributed by atoms with E-state index in [4.69, 9.17) is 11.6 Å². The summed E-state index contributed by atoms with van der Waals surface area (Å²) < 4.78 is 13.9. The van der Waals surface area contributed by atoms with E-state index in [1.54, 1.807) is 0 Å². The van der Waals surface area contributed by atoms with E-state index in [0.29, 0.717) is 11.3 Å². The van der Waals surface area contributed by atoms with E-state index in [2.05, 4.69) is 4.98 Å². The molecular weight excluding hydrogens is 237 g/mol. The molecule has 0 aliphatic rings. The van der Waals surface area contributed by atoms with E-state index < -0.39 is 6.03 Å². The van der Waals surface area contributed by atoms with Gasteiger partial charge in [-0.05, 0) is 24.3 Å². The number of rotatable bonds is 1. The lowest BCUT2D eigenvalue weighted by Crippen LogP contribution is -2.36. The van der Waals surface area contributed by atoms with Gasteiger partial charge in [0.05, 0.1) is 0 Å². The van der Waals surface area contributed by atoms with Crippen molar-refractivity contribution in [3.05, 3.63) is 36.4 Å². The topological polar surface area (TPSA) is 90.2 Å². The Morgan fingerprint density at radius 3 is 2.56 bits per heavy atom. The summed E-state index contributed by atoms with van der Waals surface area (Å²) in [6.07, 6.45) is 1.28. The number of carbonyl (C=O) groups excluding carboxylic acids is 1. The number of hydrazine groups is 1. The molecule has 0 unspecified atom stereocenters. The maximum atomic E-state index is 12.8. The third-order valence-electron chi connectivity index (χ3n) is 2.43. The number of benzene rings is 1. The van der Waals surface area contributed by atoms with Gasteiger partial charge in [0.2, 0.25) is 0 Å². The first kappa shape index (κ1) is 12.1. The standard InChI is InChI=1S/C11H12FN5O/c1-16(14)11(18)17-6-15-9(10(17)13)7-2-4-8(12)5-3-7/h2-6H,13-14H2,1H3. The van der Waals surface area contributed by atoms with Crippen LogP contribution in [0.1, 0.15) is 0 Å². The van der Waals surface area contributed by atoms with Crippen LogP contribution in [0.25, 0.3) is 11.3 Å². The monoisotopic (exact) mass is 249 g/mol. The molecule has 94 valence electrons. The number of carbonyl (C=O) groups is 1. The van der Waals surface area contributed by atoms with Crippen LogP contribution in [-0.2, 0) is 0 Å². The van der Waals surface area contributed by atoms with Gasteiger partial charge in [-0.15, -0.1) is 0 Å². The first-order valence-electron chi connectivity index (χ1n) is 5.12. The predicted molar refractivity (Wildman–Crippen MR) is 64.8 cm³/mol. The molecule has 0 aliphatic carbocycles. The first-order chi connectivity index (χ1) is 8.50. The average Bonchev–Trinajstić information content (AvgIpc) is 2.71. The predicted octanol–water partition coefficient (Wildman–Crippen LogP) is 1.04. The molecule has 1 aromatic carbocycles. The van der Waals surface area contributed by atoms with Crippen molar-refractivity contribution in [2.75, 3.05) is 12.8 Å². The zero-order chi connectivity index (χ0) is 13.3. The molecule has 2 aromatic rings. The minimum atomic E-state index is -0.506. The Labute approximate surface area is 103 Å². The highest BCUT2D eigenvalue weighted by atomic mass is 19.1. The van der Waals surface area contributed by atoms with Gasteiger partial charge in [-0.1, -0.05) is 0 Å². The summed E-state index contributed by atoms with van der Waals surface area (Å²) in [4.78, 5) is 15.7. The number of anilines is 1. The Balaban J connectivity index is 2.42. The van der Waals surface area contributed by atoms with Crippen molar-refractivity contribution in [1.29, 1.82) is 0 Å². The van der Waals surface area contributed by atoms with E-state index in [0.717, 1.165) is 9.58 Å². The molecule has 18 heavy (non-hydrogen) atoms. The van der Waals surface area contributed by atoms with Crippen molar-refractivity contribution in [1.82, 2.24) is 14.6 Å². The van der Waals surface area contributed by atoms with Crippen LogP contribution in [0.2, 0.25) is 0 Å². The van der Waals surface area contributed by atoms with Crippen LogP contribution in [0.4, 0.5) is 15.0 Å². The third-order valence-corrected chi connectivity index (χ3v) is 2.43. The van der Waals surface area contributed by atoms with Gasteiger partial charge in [-0.3, -0.25) is 5.01 Å². The van der Waals surface area contributed by atoms with Gasteiger partial charge >= 0.3 is 6.03 Å². The van der Waals surface area contributed by atoms with Gasteiger partial charge in [-0.2, -0.15) is 0 Å². The number of aromatic nitrogens is 2. The highest BCUT2D eigenvalue weighted by molar-refractivity contribution is 5.84. The zero-order valence-electron chi connectivity index (χ0n) is 9.67. The van der Waals surface area contributed by atoms with Crippen molar-refractivity contribution in [3.8, 4) is 11.3 Å². The molecule has 0 fully saturated rings. The number of nitrogen functional groups attached to an aromatic ring is 1. The molecule has 0 atom stereocenters. The fourth-order valence-electron chi connectivity index (χ4n) is 1.51. The van der Waals surface area contributed by atoms with Crippen LogP contribution in [-0.4, -0.2) is 27.6 Å². The van der Waals surface area contributed by atoms with Crippen LogP contribution in [0.5, 0.6) is 0 Å². The smallest absolute Gasteiger partial charge is 0.344 e. The second kappa shape index (κ2) is 4.46. The van der Waals surface area contributed by atoms with Crippen molar-refractivity contribution in [2.24, 2.45) is 5.84 Å². The minimum absolute atomic E-state index is 0.156. The molecule has 0 radical (unpaired) electrons. The number of nitrogens with zero attached hydrogens (tertiary/aromatic N) is 3. The highest BCUT2D eigenvalue weighted by Gasteiger charge is 2.16. The molecule has 1 heterocycles. The summed E-state index contributed by atoms with van der Waals surface area (Å²) in [6.45, 7) is 0. The summed E-state index contributed by atoms with van der Waals surface area (Å²) in [6, 6.07) is 5.16. The first-order valence-corrected chi connectivity index (χ1v) is 5.12. The van der Waals surface area contributed by atoms with Gasteiger partial charge < -0.3 is 5.73 Å². The SMILES string of the molecule is CN(N)C(=O)n1cnc(-c2ccc(F)cc2)c1N. The summed E-state index contributed by atoms with van der Waals surface area (Å²) in [5.41, 5.74) is 6.85. The molecule has 6 nitrogen and oxygen atoms in total. The van der Waals surface area contributed by atoms with Crippen LogP contribution < -0.4 is 11.6 Å². The summed E-state index contributed by atoms with van der Waals surface area (Å²) in [5, 5.41) is 0.895. The van der Waals surface area contributed by atoms with Gasteiger partial charge in [0.1, 0.15) is 23.7 Å². The molecule has 0 spiro atoms. The van der Waals surface area contributed by atoms with Crippen molar-refractivity contribution in [3.63, 3.8) is 0 Å². The Hall–Kier alpha value is -2.41. The molecular formula is C11H12FN5O. The van der Waals surface area contributed by atoms with E-state index in [1.807, 2.05) is 0 Å². The van der Waals surface area contributed by atoms with Crippen LogP contribution in [0.15, 0.2) is 30.6 Å². The Kier molecular flexibility index (Phi) is 2.99. The molecule has 0 bridgehead atoms. The normalized spacial score (nSPS) is 10.4. The largest absolute Gasteiger partial charge is 0.383 e. The second-order valence-electron chi connectivity index (χ2n) is 3.75. The molecule has 4 N–H and O–H groups in total. The average molecular weight is 249 g/mol. The lowest BCUT2D eigenvalue weighted by atomic mass is 10.1. The van der Waals surface area contributed by atoms with Gasteiger partial charge in [0.25, 0.3) is 0 Å². The summed E-state index contributed by atoms with van der Waals surface area (Å²) in [5.74, 6) is 5.14. The fourth-order valence-corrected chi connectivity index (χ4v) is 1.51.